The second-order valence-corrected chi connectivity index (χ2v) is 4.58. The molecule has 1 aliphatic carbocycles. The molecule has 90 valence electrons. The van der Waals surface area contributed by atoms with Crippen molar-refractivity contribution < 1.29 is 15.0 Å². The first kappa shape index (κ1) is 10.8. The van der Waals surface area contributed by atoms with E-state index in [1.54, 1.807) is 12.1 Å². The topological polar surface area (TPSA) is 57.5 Å². The molecule has 0 fully saturated rings. The molecule has 3 nitrogen and oxygen atoms in total. The van der Waals surface area contributed by atoms with Crippen molar-refractivity contribution >= 4 is 5.97 Å². The van der Waals surface area contributed by atoms with Crippen LogP contribution in [-0.4, -0.2) is 16.2 Å². The van der Waals surface area contributed by atoms with Gasteiger partial charge in [0.05, 0.1) is 6.42 Å². The van der Waals surface area contributed by atoms with E-state index in [4.69, 9.17) is 5.11 Å². The fourth-order valence-electron chi connectivity index (χ4n) is 2.53. The number of rotatable bonds is 2. The molecule has 2 aromatic carbocycles. The van der Waals surface area contributed by atoms with E-state index in [-0.39, 0.29) is 12.2 Å². The van der Waals surface area contributed by atoms with Crippen molar-refractivity contribution in [2.75, 3.05) is 0 Å². The standard InChI is InChI=1S/C15H12O3/c16-12-2-4-14-11(8-12)7-10-5-9(6-15(17)18)1-3-13(10)14/h1-5,8,16H,6-7H2,(H,17,18). The van der Waals surface area contributed by atoms with Crippen molar-refractivity contribution in [3.05, 3.63) is 53.1 Å². The lowest BCUT2D eigenvalue weighted by molar-refractivity contribution is -0.136. The van der Waals surface area contributed by atoms with Crippen molar-refractivity contribution in [1.29, 1.82) is 0 Å². The van der Waals surface area contributed by atoms with Crippen molar-refractivity contribution in [3.63, 3.8) is 0 Å². The highest BCUT2D eigenvalue weighted by Gasteiger charge is 2.19. The molecule has 0 aliphatic heterocycles. The molecule has 0 atom stereocenters. The molecule has 1 aliphatic rings. The quantitative estimate of drug-likeness (QED) is 0.723. The predicted molar refractivity (Wildman–Crippen MR) is 67.7 cm³/mol. The van der Waals surface area contributed by atoms with Crippen LogP contribution in [0.4, 0.5) is 0 Å². The Hall–Kier alpha value is -2.29. The Balaban J connectivity index is 2.03. The number of hydrogen-bond donors (Lipinski definition) is 2. The van der Waals surface area contributed by atoms with Gasteiger partial charge in [0, 0.05) is 0 Å². The number of aliphatic carboxylic acids is 1. The zero-order chi connectivity index (χ0) is 12.7. The number of benzene rings is 2. The normalized spacial score (nSPS) is 12.0. The van der Waals surface area contributed by atoms with E-state index in [1.165, 1.54) is 0 Å². The zero-order valence-corrected chi connectivity index (χ0v) is 9.68. The fourth-order valence-corrected chi connectivity index (χ4v) is 2.53. The molecule has 2 aromatic rings. The van der Waals surface area contributed by atoms with Crippen molar-refractivity contribution in [2.24, 2.45) is 0 Å². The summed E-state index contributed by atoms with van der Waals surface area (Å²) in [6.07, 6.45) is 0.807. The number of carbonyl (C=O) groups is 1. The first-order valence-electron chi connectivity index (χ1n) is 5.79. The number of carboxylic acid groups (broad SMARTS) is 1. The van der Waals surface area contributed by atoms with E-state index in [0.717, 1.165) is 34.2 Å². The van der Waals surface area contributed by atoms with Crippen LogP contribution in [0.3, 0.4) is 0 Å². The van der Waals surface area contributed by atoms with Crippen LogP contribution in [0.15, 0.2) is 36.4 Å². The number of fused-ring (bicyclic) bond motifs is 3. The number of carboxylic acids is 1. The summed E-state index contributed by atoms with van der Waals surface area (Å²) < 4.78 is 0. The van der Waals surface area contributed by atoms with E-state index < -0.39 is 5.97 Å². The van der Waals surface area contributed by atoms with Gasteiger partial charge in [0.15, 0.2) is 0 Å². The van der Waals surface area contributed by atoms with E-state index in [0.29, 0.717) is 0 Å². The Morgan fingerprint density at radius 2 is 1.72 bits per heavy atom. The Bertz CT molecular complexity index is 644. The van der Waals surface area contributed by atoms with E-state index >= 15 is 0 Å². The predicted octanol–water partition coefficient (Wildman–Crippen LogP) is 2.59. The summed E-state index contributed by atoms with van der Waals surface area (Å²) in [6, 6.07) is 11.1. The fraction of sp³-hybridized carbons (Fsp3) is 0.133. The Labute approximate surface area is 104 Å². The maximum absolute atomic E-state index is 10.7. The number of aromatic hydroxyl groups is 1. The monoisotopic (exact) mass is 240 g/mol. The van der Waals surface area contributed by atoms with Gasteiger partial charge in [-0.15, -0.1) is 0 Å². The van der Waals surface area contributed by atoms with Gasteiger partial charge in [0.25, 0.3) is 0 Å². The Morgan fingerprint density at radius 1 is 1.06 bits per heavy atom. The van der Waals surface area contributed by atoms with Gasteiger partial charge in [-0.25, -0.2) is 0 Å². The lowest BCUT2D eigenvalue weighted by Gasteiger charge is -2.03. The summed E-state index contributed by atoms with van der Waals surface area (Å²) in [6.45, 7) is 0. The highest BCUT2D eigenvalue weighted by Crippen LogP contribution is 2.38. The molecule has 0 heterocycles. The molecule has 0 unspecified atom stereocenters. The third-order valence-electron chi connectivity index (χ3n) is 3.28. The highest BCUT2D eigenvalue weighted by atomic mass is 16.4. The SMILES string of the molecule is O=C(O)Cc1ccc2c(c1)Cc1cc(O)ccc1-2. The largest absolute Gasteiger partial charge is 0.508 e. The number of phenolic OH excluding ortho intramolecular Hbond substituents is 1. The van der Waals surface area contributed by atoms with E-state index in [1.807, 2.05) is 24.3 Å². The Kier molecular flexibility index (Phi) is 2.33. The van der Waals surface area contributed by atoms with Crippen LogP contribution < -0.4 is 0 Å². The van der Waals surface area contributed by atoms with Gasteiger partial charge >= 0.3 is 5.97 Å². The van der Waals surface area contributed by atoms with Crippen LogP contribution in [0.5, 0.6) is 5.75 Å². The van der Waals surface area contributed by atoms with Crippen LogP contribution in [0, 0.1) is 0 Å². The third-order valence-corrected chi connectivity index (χ3v) is 3.28. The van der Waals surface area contributed by atoms with Gasteiger partial charge in [-0.05, 0) is 46.4 Å². The number of hydrogen-bond acceptors (Lipinski definition) is 2. The zero-order valence-electron chi connectivity index (χ0n) is 9.68. The third kappa shape index (κ3) is 1.74. The van der Waals surface area contributed by atoms with Gasteiger partial charge in [-0.3, -0.25) is 4.79 Å². The summed E-state index contributed by atoms with van der Waals surface area (Å²) >= 11 is 0. The Morgan fingerprint density at radius 3 is 2.44 bits per heavy atom. The van der Waals surface area contributed by atoms with Crippen LogP contribution in [-0.2, 0) is 17.6 Å². The average Bonchev–Trinajstić information content (AvgIpc) is 2.64. The van der Waals surface area contributed by atoms with Gasteiger partial charge in [-0.1, -0.05) is 24.3 Å². The summed E-state index contributed by atoms with van der Waals surface area (Å²) in [5.74, 6) is -0.546. The molecule has 0 amide bonds. The molecular weight excluding hydrogens is 228 g/mol. The molecule has 0 aromatic heterocycles. The van der Waals surface area contributed by atoms with Crippen LogP contribution in [0.25, 0.3) is 11.1 Å². The lowest BCUT2D eigenvalue weighted by Crippen LogP contribution is -2.00. The molecule has 0 spiro atoms. The van der Waals surface area contributed by atoms with Gasteiger partial charge in [0.1, 0.15) is 5.75 Å². The first-order chi connectivity index (χ1) is 8.63. The summed E-state index contributed by atoms with van der Waals surface area (Å²) in [4.78, 5) is 10.7. The molecule has 0 saturated carbocycles. The molecule has 18 heavy (non-hydrogen) atoms. The van der Waals surface area contributed by atoms with E-state index in [2.05, 4.69) is 0 Å². The first-order valence-corrected chi connectivity index (χ1v) is 5.79. The smallest absolute Gasteiger partial charge is 0.307 e. The molecule has 0 saturated heterocycles. The molecular formula is C15H12O3. The summed E-state index contributed by atoms with van der Waals surface area (Å²) in [7, 11) is 0. The maximum Gasteiger partial charge on any atom is 0.307 e. The van der Waals surface area contributed by atoms with Gasteiger partial charge in [-0.2, -0.15) is 0 Å². The molecule has 0 bridgehead atoms. The number of phenols is 1. The highest BCUT2D eigenvalue weighted by molar-refractivity contribution is 5.78. The average molecular weight is 240 g/mol. The lowest BCUT2D eigenvalue weighted by atomic mass is 10.0. The van der Waals surface area contributed by atoms with Crippen LogP contribution >= 0.6 is 0 Å². The minimum atomic E-state index is -0.817. The molecule has 3 heteroatoms. The van der Waals surface area contributed by atoms with E-state index in [9.17, 15) is 9.90 Å². The minimum Gasteiger partial charge on any atom is -0.508 e. The van der Waals surface area contributed by atoms with Crippen molar-refractivity contribution in [2.45, 2.75) is 12.8 Å². The van der Waals surface area contributed by atoms with Crippen molar-refractivity contribution in [1.82, 2.24) is 0 Å². The molecule has 3 rings (SSSR count). The maximum atomic E-state index is 10.7. The van der Waals surface area contributed by atoms with Gasteiger partial charge < -0.3 is 10.2 Å². The van der Waals surface area contributed by atoms with Crippen molar-refractivity contribution in [3.8, 4) is 16.9 Å². The minimum absolute atomic E-state index is 0.0505. The van der Waals surface area contributed by atoms with Gasteiger partial charge in [0.2, 0.25) is 0 Å². The molecule has 0 radical (unpaired) electrons. The van der Waals surface area contributed by atoms with Crippen LogP contribution in [0.2, 0.25) is 0 Å². The summed E-state index contributed by atoms with van der Waals surface area (Å²) in [5.41, 5.74) is 5.31. The second kappa shape index (κ2) is 3.88. The summed E-state index contributed by atoms with van der Waals surface area (Å²) in [5, 5.41) is 18.3. The molecule has 2 N–H and O–H groups in total. The second-order valence-electron chi connectivity index (χ2n) is 4.58. The van der Waals surface area contributed by atoms with Crippen LogP contribution in [0.1, 0.15) is 16.7 Å².